The predicted octanol–water partition coefficient (Wildman–Crippen LogP) is 3.22. The van der Waals surface area contributed by atoms with Crippen molar-refractivity contribution in [2.45, 2.75) is 50.2 Å². The minimum absolute atomic E-state index is 0.563. The molecule has 4 heteroatoms. The Hall–Kier alpha value is -0.0900. The Kier molecular flexibility index (Phi) is 2.92. The van der Waals surface area contributed by atoms with Crippen molar-refractivity contribution < 1.29 is 0 Å². The van der Waals surface area contributed by atoms with Crippen LogP contribution < -0.4 is 5.32 Å². The van der Waals surface area contributed by atoms with Gasteiger partial charge in [0.1, 0.15) is 0 Å². The fraction of sp³-hybridized carbons (Fsp3) is 0.714. The van der Waals surface area contributed by atoms with E-state index in [2.05, 4.69) is 16.3 Å². The summed E-state index contributed by atoms with van der Waals surface area (Å²) in [5, 5.41) is 3.87. The first-order valence-electron chi connectivity index (χ1n) is 7.08. The van der Waals surface area contributed by atoms with Crippen LogP contribution in [-0.2, 0) is 6.42 Å². The second kappa shape index (κ2) is 4.48. The van der Waals surface area contributed by atoms with Crippen LogP contribution in [0.4, 0.5) is 0 Å². The van der Waals surface area contributed by atoms with E-state index in [0.717, 1.165) is 10.4 Å². The molecule has 1 aromatic heterocycles. The van der Waals surface area contributed by atoms with Crippen LogP contribution in [0.25, 0.3) is 0 Å². The normalized spacial score (nSPS) is 32.1. The van der Waals surface area contributed by atoms with Gasteiger partial charge in [0.2, 0.25) is 0 Å². The van der Waals surface area contributed by atoms with Gasteiger partial charge in [-0.2, -0.15) is 0 Å². The molecule has 1 N–H and O–H groups in total. The maximum absolute atomic E-state index is 6.12. The highest BCUT2D eigenvalue weighted by Gasteiger charge is 2.36. The van der Waals surface area contributed by atoms with Crippen molar-refractivity contribution in [3.63, 3.8) is 0 Å². The molecule has 3 aliphatic rings. The number of thiophene rings is 1. The van der Waals surface area contributed by atoms with E-state index in [0.29, 0.717) is 12.1 Å². The molecule has 2 unspecified atom stereocenters. The van der Waals surface area contributed by atoms with E-state index in [1.165, 1.54) is 55.6 Å². The number of hydrogen-bond acceptors (Lipinski definition) is 3. The molecule has 2 heterocycles. The number of halogens is 1. The van der Waals surface area contributed by atoms with Gasteiger partial charge in [-0.1, -0.05) is 11.6 Å². The SMILES string of the molecule is Clc1cc2c(s1)CCC2NC1CCN(C2CC2)C1. The van der Waals surface area contributed by atoms with Crippen molar-refractivity contribution in [1.29, 1.82) is 0 Å². The fourth-order valence-corrected chi connectivity index (χ4v) is 4.84. The molecule has 0 bridgehead atoms. The van der Waals surface area contributed by atoms with Gasteiger partial charge in [0.15, 0.2) is 0 Å². The molecule has 0 amide bonds. The lowest BCUT2D eigenvalue weighted by atomic mass is 10.1. The molecule has 4 rings (SSSR count). The van der Waals surface area contributed by atoms with Crippen molar-refractivity contribution in [2.75, 3.05) is 13.1 Å². The summed E-state index contributed by atoms with van der Waals surface area (Å²) in [6.45, 7) is 2.56. The third kappa shape index (κ3) is 2.11. The molecular formula is C14H19ClN2S. The molecule has 2 fully saturated rings. The number of nitrogens with zero attached hydrogens (tertiary/aromatic N) is 1. The zero-order valence-electron chi connectivity index (χ0n) is 10.5. The Bertz CT molecular complexity index is 455. The highest BCUT2D eigenvalue weighted by molar-refractivity contribution is 7.16. The summed E-state index contributed by atoms with van der Waals surface area (Å²) in [5.74, 6) is 0. The Morgan fingerprint density at radius 3 is 3.00 bits per heavy atom. The average molecular weight is 283 g/mol. The number of rotatable bonds is 3. The predicted molar refractivity (Wildman–Crippen MR) is 76.5 cm³/mol. The number of aryl methyl sites for hydroxylation is 1. The van der Waals surface area contributed by atoms with Gasteiger partial charge in [-0.15, -0.1) is 11.3 Å². The summed E-state index contributed by atoms with van der Waals surface area (Å²) in [6, 6.07) is 4.36. The first kappa shape index (κ1) is 11.7. The van der Waals surface area contributed by atoms with E-state index < -0.39 is 0 Å². The summed E-state index contributed by atoms with van der Waals surface area (Å²) in [5.41, 5.74) is 1.48. The molecule has 0 spiro atoms. The third-order valence-corrected chi connectivity index (χ3v) is 5.91. The zero-order chi connectivity index (χ0) is 12.1. The molecular weight excluding hydrogens is 264 g/mol. The van der Waals surface area contributed by atoms with E-state index in [-0.39, 0.29) is 0 Å². The topological polar surface area (TPSA) is 15.3 Å². The number of fused-ring (bicyclic) bond motifs is 1. The lowest BCUT2D eigenvalue weighted by Gasteiger charge is -2.20. The lowest BCUT2D eigenvalue weighted by molar-refractivity contribution is 0.312. The highest BCUT2D eigenvalue weighted by atomic mass is 35.5. The molecule has 2 nitrogen and oxygen atoms in total. The highest BCUT2D eigenvalue weighted by Crippen LogP contribution is 2.40. The summed E-state index contributed by atoms with van der Waals surface area (Å²) in [4.78, 5) is 4.18. The number of hydrogen-bond donors (Lipinski definition) is 1. The molecule has 98 valence electrons. The van der Waals surface area contributed by atoms with E-state index >= 15 is 0 Å². The smallest absolute Gasteiger partial charge is 0.0934 e. The lowest BCUT2D eigenvalue weighted by Crippen LogP contribution is -2.35. The Morgan fingerprint density at radius 1 is 1.28 bits per heavy atom. The second-order valence-electron chi connectivity index (χ2n) is 5.90. The standard InChI is InChI=1S/C14H19ClN2S/c15-14-7-11-12(3-4-13(11)18-14)16-9-5-6-17(8-9)10-1-2-10/h7,9-10,12,16H,1-6,8H2. The average Bonchev–Trinajstić information content (AvgIpc) is 2.82. The van der Waals surface area contributed by atoms with Crippen molar-refractivity contribution in [1.82, 2.24) is 10.2 Å². The largest absolute Gasteiger partial charge is 0.306 e. The van der Waals surface area contributed by atoms with E-state index in [1.54, 1.807) is 11.3 Å². The van der Waals surface area contributed by atoms with Crippen molar-refractivity contribution in [3.05, 3.63) is 20.8 Å². The third-order valence-electron chi connectivity index (χ3n) is 4.57. The Labute approximate surface area is 117 Å². The van der Waals surface area contributed by atoms with Crippen molar-refractivity contribution >= 4 is 22.9 Å². The summed E-state index contributed by atoms with van der Waals surface area (Å²) in [6.07, 6.45) is 6.66. The first-order chi connectivity index (χ1) is 8.79. The quantitative estimate of drug-likeness (QED) is 0.916. The van der Waals surface area contributed by atoms with Crippen LogP contribution in [0.15, 0.2) is 6.07 Å². The van der Waals surface area contributed by atoms with Crippen LogP contribution >= 0.6 is 22.9 Å². The molecule has 0 radical (unpaired) electrons. The number of nitrogens with one attached hydrogen (secondary N) is 1. The van der Waals surface area contributed by atoms with Crippen LogP contribution in [0.5, 0.6) is 0 Å². The molecule has 2 aliphatic carbocycles. The van der Waals surface area contributed by atoms with Gasteiger partial charge in [0, 0.05) is 36.1 Å². The van der Waals surface area contributed by atoms with Crippen molar-refractivity contribution in [3.8, 4) is 0 Å². The van der Waals surface area contributed by atoms with Gasteiger partial charge in [-0.3, -0.25) is 4.90 Å². The first-order valence-corrected chi connectivity index (χ1v) is 8.27. The van der Waals surface area contributed by atoms with Gasteiger partial charge in [0.25, 0.3) is 0 Å². The molecule has 1 saturated heterocycles. The van der Waals surface area contributed by atoms with Gasteiger partial charge in [-0.05, 0) is 43.7 Å². The molecule has 18 heavy (non-hydrogen) atoms. The molecule has 1 aromatic rings. The van der Waals surface area contributed by atoms with Crippen LogP contribution in [0.1, 0.15) is 42.2 Å². The van der Waals surface area contributed by atoms with Crippen molar-refractivity contribution in [2.24, 2.45) is 0 Å². The van der Waals surface area contributed by atoms with Crippen LogP contribution in [0.3, 0.4) is 0 Å². The van der Waals surface area contributed by atoms with Crippen LogP contribution in [0, 0.1) is 0 Å². The maximum atomic E-state index is 6.12. The van der Waals surface area contributed by atoms with E-state index in [4.69, 9.17) is 11.6 Å². The summed E-state index contributed by atoms with van der Waals surface area (Å²) >= 11 is 7.88. The fourth-order valence-electron chi connectivity index (χ4n) is 3.48. The summed E-state index contributed by atoms with van der Waals surface area (Å²) in [7, 11) is 0. The zero-order valence-corrected chi connectivity index (χ0v) is 12.1. The molecule has 1 aliphatic heterocycles. The monoisotopic (exact) mass is 282 g/mol. The maximum Gasteiger partial charge on any atom is 0.0934 e. The Balaban J connectivity index is 1.40. The van der Waals surface area contributed by atoms with Crippen LogP contribution in [-0.4, -0.2) is 30.1 Å². The Morgan fingerprint density at radius 2 is 2.17 bits per heavy atom. The van der Waals surface area contributed by atoms with E-state index in [1.807, 2.05) is 0 Å². The van der Waals surface area contributed by atoms with Gasteiger partial charge in [0.05, 0.1) is 4.34 Å². The van der Waals surface area contributed by atoms with Crippen LogP contribution in [0.2, 0.25) is 4.34 Å². The van der Waals surface area contributed by atoms with Gasteiger partial charge in [-0.25, -0.2) is 0 Å². The minimum atomic E-state index is 0.563. The molecule has 0 aromatic carbocycles. The van der Waals surface area contributed by atoms with Gasteiger partial charge < -0.3 is 5.32 Å². The molecule has 1 saturated carbocycles. The van der Waals surface area contributed by atoms with E-state index in [9.17, 15) is 0 Å². The number of likely N-dealkylation sites (tertiary alicyclic amines) is 1. The second-order valence-corrected chi connectivity index (χ2v) is 7.67. The summed E-state index contributed by atoms with van der Waals surface area (Å²) < 4.78 is 0.956. The van der Waals surface area contributed by atoms with Gasteiger partial charge >= 0.3 is 0 Å². The molecule has 2 atom stereocenters. The minimum Gasteiger partial charge on any atom is -0.306 e.